The highest BCUT2D eigenvalue weighted by Gasteiger charge is 2.27. The minimum Gasteiger partial charge on any atom is -0.506 e. The highest BCUT2D eigenvalue weighted by molar-refractivity contribution is 9.09. The molecule has 1 amide bonds. The van der Waals surface area contributed by atoms with Gasteiger partial charge in [-0.15, -0.1) is 0 Å². The topological polar surface area (TPSA) is 49.3 Å². The Morgan fingerprint density at radius 2 is 2.28 bits per heavy atom. The van der Waals surface area contributed by atoms with Gasteiger partial charge in [-0.3, -0.25) is 4.79 Å². The molecule has 0 radical (unpaired) electrons. The summed E-state index contributed by atoms with van der Waals surface area (Å²) in [5.74, 6) is 0.365. The first kappa shape index (κ1) is 13.7. The summed E-state index contributed by atoms with van der Waals surface area (Å²) in [7, 11) is 0. The Morgan fingerprint density at radius 3 is 2.94 bits per heavy atom. The smallest absolute Gasteiger partial charge is 0.251 e. The van der Waals surface area contributed by atoms with Gasteiger partial charge in [0.15, 0.2) is 0 Å². The molecule has 2 rings (SSSR count). The van der Waals surface area contributed by atoms with Crippen molar-refractivity contribution in [3.63, 3.8) is 0 Å². The van der Waals surface area contributed by atoms with Gasteiger partial charge >= 0.3 is 0 Å². The van der Waals surface area contributed by atoms with Crippen LogP contribution in [-0.2, 0) is 0 Å². The first-order valence-electron chi connectivity index (χ1n) is 5.97. The van der Waals surface area contributed by atoms with Crippen LogP contribution in [0.15, 0.2) is 18.2 Å². The number of hydrogen-bond acceptors (Lipinski definition) is 2. The number of amides is 1. The fourth-order valence-corrected chi connectivity index (χ4v) is 3.27. The number of alkyl halides is 1. The average molecular weight is 333 g/mol. The first-order chi connectivity index (χ1) is 8.61. The molecule has 0 bridgehead atoms. The Morgan fingerprint density at radius 1 is 1.50 bits per heavy atom. The molecule has 5 heteroatoms. The maximum Gasteiger partial charge on any atom is 0.251 e. The number of hydrogen-bond donors (Lipinski definition) is 2. The average Bonchev–Trinajstić information content (AvgIpc) is 2.79. The number of aromatic hydroxyl groups is 1. The quantitative estimate of drug-likeness (QED) is 0.834. The third kappa shape index (κ3) is 2.98. The molecule has 3 nitrogen and oxygen atoms in total. The fourth-order valence-electron chi connectivity index (χ4n) is 2.31. The van der Waals surface area contributed by atoms with E-state index in [4.69, 9.17) is 11.6 Å². The largest absolute Gasteiger partial charge is 0.506 e. The predicted molar refractivity (Wildman–Crippen MR) is 75.5 cm³/mol. The SMILES string of the molecule is O=C(NC1CCCC1CBr)c1ccc(O)c(Cl)c1. The summed E-state index contributed by atoms with van der Waals surface area (Å²) in [5, 5.41) is 13.5. The molecule has 1 aromatic carbocycles. The molecular formula is C13H15BrClNO2. The van der Waals surface area contributed by atoms with E-state index >= 15 is 0 Å². The summed E-state index contributed by atoms with van der Waals surface area (Å²) >= 11 is 9.27. The zero-order valence-corrected chi connectivity index (χ0v) is 12.2. The van der Waals surface area contributed by atoms with Gasteiger partial charge in [-0.2, -0.15) is 0 Å². The molecule has 0 saturated heterocycles. The minimum atomic E-state index is -0.130. The van der Waals surface area contributed by atoms with Crippen LogP contribution in [0.1, 0.15) is 29.6 Å². The van der Waals surface area contributed by atoms with E-state index in [-0.39, 0.29) is 22.7 Å². The van der Waals surface area contributed by atoms with Crippen LogP contribution in [0.5, 0.6) is 5.75 Å². The number of rotatable bonds is 3. The molecule has 18 heavy (non-hydrogen) atoms. The molecule has 1 aliphatic carbocycles. The summed E-state index contributed by atoms with van der Waals surface area (Å²) in [6, 6.07) is 4.73. The van der Waals surface area contributed by atoms with Crippen LogP contribution >= 0.6 is 27.5 Å². The molecule has 1 fully saturated rings. The zero-order valence-electron chi connectivity index (χ0n) is 9.83. The lowest BCUT2D eigenvalue weighted by molar-refractivity contribution is 0.0930. The molecule has 2 N–H and O–H groups in total. The monoisotopic (exact) mass is 331 g/mol. The highest BCUT2D eigenvalue weighted by atomic mass is 79.9. The molecule has 98 valence electrons. The number of benzene rings is 1. The molecule has 0 aliphatic heterocycles. The van der Waals surface area contributed by atoms with E-state index in [0.717, 1.165) is 24.6 Å². The lowest BCUT2D eigenvalue weighted by Gasteiger charge is -2.19. The molecule has 1 aliphatic rings. The Hall–Kier alpha value is -0.740. The molecule has 0 aromatic heterocycles. The summed E-state index contributed by atoms with van der Waals surface area (Å²) in [6.07, 6.45) is 3.32. The van der Waals surface area contributed by atoms with Crippen LogP contribution in [-0.4, -0.2) is 22.4 Å². The van der Waals surface area contributed by atoms with Crippen LogP contribution in [0, 0.1) is 5.92 Å². The van der Waals surface area contributed by atoms with E-state index in [0.29, 0.717) is 11.5 Å². The molecule has 1 saturated carbocycles. The van der Waals surface area contributed by atoms with Crippen molar-refractivity contribution in [1.29, 1.82) is 0 Å². The van der Waals surface area contributed by atoms with Gasteiger partial charge in [0.25, 0.3) is 5.91 Å². The van der Waals surface area contributed by atoms with Gasteiger partial charge in [0, 0.05) is 16.9 Å². The van der Waals surface area contributed by atoms with E-state index in [9.17, 15) is 9.90 Å². The Balaban J connectivity index is 2.05. The summed E-state index contributed by atoms with van der Waals surface area (Å²) < 4.78 is 0. The van der Waals surface area contributed by atoms with Crippen molar-refractivity contribution in [2.75, 3.05) is 5.33 Å². The Bertz CT molecular complexity index is 453. The molecule has 2 atom stereocenters. The van der Waals surface area contributed by atoms with E-state index in [2.05, 4.69) is 21.2 Å². The summed E-state index contributed by atoms with van der Waals surface area (Å²) in [5.41, 5.74) is 0.484. The van der Waals surface area contributed by atoms with Crippen molar-refractivity contribution in [1.82, 2.24) is 5.32 Å². The number of phenols is 1. The lowest BCUT2D eigenvalue weighted by atomic mass is 10.1. The number of halogens is 2. The van der Waals surface area contributed by atoms with Crippen LogP contribution in [0.25, 0.3) is 0 Å². The standard InChI is InChI=1S/C13H15BrClNO2/c14-7-9-2-1-3-11(9)16-13(18)8-4-5-12(17)10(15)6-8/h4-6,9,11,17H,1-3,7H2,(H,16,18). The normalized spacial score (nSPS) is 23.0. The van der Waals surface area contributed by atoms with Crippen molar-refractivity contribution < 1.29 is 9.90 Å². The third-order valence-corrected chi connectivity index (χ3v) is 4.52. The highest BCUT2D eigenvalue weighted by Crippen LogP contribution is 2.28. The van der Waals surface area contributed by atoms with Crippen molar-refractivity contribution in [3.8, 4) is 5.75 Å². The number of carbonyl (C=O) groups excluding carboxylic acids is 1. The van der Waals surface area contributed by atoms with Gasteiger partial charge in [0.05, 0.1) is 5.02 Å². The van der Waals surface area contributed by atoms with E-state index in [1.807, 2.05) is 0 Å². The molecular weight excluding hydrogens is 318 g/mol. The molecule has 0 spiro atoms. The molecule has 2 unspecified atom stereocenters. The minimum absolute atomic E-state index is 0.00702. The van der Waals surface area contributed by atoms with Crippen LogP contribution in [0.4, 0.5) is 0 Å². The van der Waals surface area contributed by atoms with Crippen molar-refractivity contribution in [2.45, 2.75) is 25.3 Å². The number of phenolic OH excluding ortho intramolecular Hbond substituents is 1. The van der Waals surface area contributed by atoms with Crippen molar-refractivity contribution in [2.24, 2.45) is 5.92 Å². The van der Waals surface area contributed by atoms with E-state index in [1.54, 1.807) is 6.07 Å². The summed E-state index contributed by atoms with van der Waals surface area (Å²) in [6.45, 7) is 0. The lowest BCUT2D eigenvalue weighted by Crippen LogP contribution is -2.37. The second kappa shape index (κ2) is 5.93. The van der Waals surface area contributed by atoms with Crippen LogP contribution < -0.4 is 5.32 Å². The maximum atomic E-state index is 12.1. The van der Waals surface area contributed by atoms with Crippen molar-refractivity contribution >= 4 is 33.4 Å². The van der Waals surface area contributed by atoms with Crippen molar-refractivity contribution in [3.05, 3.63) is 28.8 Å². The van der Waals surface area contributed by atoms with Gasteiger partial charge in [-0.05, 0) is 37.0 Å². The maximum absolute atomic E-state index is 12.1. The van der Waals surface area contributed by atoms with Crippen LogP contribution in [0.2, 0.25) is 5.02 Å². The first-order valence-corrected chi connectivity index (χ1v) is 7.47. The van der Waals surface area contributed by atoms with E-state index in [1.165, 1.54) is 12.1 Å². The third-order valence-electron chi connectivity index (χ3n) is 3.38. The van der Waals surface area contributed by atoms with Gasteiger partial charge in [0.1, 0.15) is 5.75 Å². The molecule has 0 heterocycles. The van der Waals surface area contributed by atoms with Gasteiger partial charge in [-0.25, -0.2) is 0 Å². The van der Waals surface area contributed by atoms with Gasteiger partial charge in [0.2, 0.25) is 0 Å². The second-order valence-corrected chi connectivity index (χ2v) is 5.65. The van der Waals surface area contributed by atoms with E-state index < -0.39 is 0 Å². The van der Waals surface area contributed by atoms with Gasteiger partial charge in [-0.1, -0.05) is 34.0 Å². The summed E-state index contributed by atoms with van der Waals surface area (Å²) in [4.78, 5) is 12.1. The second-order valence-electron chi connectivity index (χ2n) is 4.59. The van der Waals surface area contributed by atoms with Crippen LogP contribution in [0.3, 0.4) is 0 Å². The Labute approximate surface area is 120 Å². The number of nitrogens with one attached hydrogen (secondary N) is 1. The zero-order chi connectivity index (χ0) is 13.1. The fraction of sp³-hybridized carbons (Fsp3) is 0.462. The molecule has 1 aromatic rings. The predicted octanol–water partition coefficient (Wildman–Crippen LogP) is 3.34. The van der Waals surface area contributed by atoms with Gasteiger partial charge < -0.3 is 10.4 Å². The number of carbonyl (C=O) groups is 1. The Kier molecular flexibility index (Phi) is 4.51.